The lowest BCUT2D eigenvalue weighted by atomic mass is 9.91. The van der Waals surface area contributed by atoms with E-state index in [1.54, 1.807) is 17.5 Å². The van der Waals surface area contributed by atoms with Crippen molar-refractivity contribution in [1.29, 1.82) is 0 Å². The molecule has 4 amide bonds. The fraction of sp³-hybridized carbons (Fsp3) is 0.513. The van der Waals surface area contributed by atoms with E-state index >= 15 is 0 Å². The van der Waals surface area contributed by atoms with E-state index in [1.165, 1.54) is 24.7 Å². The largest absolute Gasteiger partial charge is 0.453 e. The second-order valence-corrected chi connectivity index (χ2v) is 16.2. The Bertz CT molecular complexity index is 2070. The molecule has 3 aliphatic rings. The van der Waals surface area contributed by atoms with Crippen molar-refractivity contribution in [3.63, 3.8) is 0 Å². The van der Waals surface area contributed by atoms with E-state index in [-0.39, 0.29) is 35.7 Å². The number of carbonyl (C=O) groups is 4. The second-order valence-electron chi connectivity index (χ2n) is 15.1. The Labute approximate surface area is 324 Å². The minimum Gasteiger partial charge on any atom is -0.453 e. The molecular weight excluding hydrogens is 723 g/mol. The van der Waals surface area contributed by atoms with Crippen molar-refractivity contribution in [2.45, 2.75) is 90.4 Å². The van der Waals surface area contributed by atoms with Crippen LogP contribution in [0.5, 0.6) is 0 Å². The van der Waals surface area contributed by atoms with Crippen LogP contribution in [0.4, 0.5) is 9.59 Å². The number of amides is 4. The number of rotatable bonds is 10. The van der Waals surface area contributed by atoms with E-state index in [1.807, 2.05) is 43.7 Å². The summed E-state index contributed by atoms with van der Waals surface area (Å²) in [6, 6.07) is 4.57. The number of hydrogen-bond acceptors (Lipinski definition) is 10. The van der Waals surface area contributed by atoms with Crippen LogP contribution in [-0.4, -0.2) is 98.1 Å². The van der Waals surface area contributed by atoms with Crippen LogP contribution in [0.1, 0.15) is 87.6 Å². The highest BCUT2D eigenvalue weighted by Crippen LogP contribution is 2.41. The number of nitrogens with zero attached hydrogens (tertiary/aromatic N) is 5. The third-order valence-electron chi connectivity index (χ3n) is 10.9. The minimum atomic E-state index is -0.696. The summed E-state index contributed by atoms with van der Waals surface area (Å²) in [5.41, 5.74) is 5.97. The third kappa shape index (κ3) is 7.56. The molecule has 0 bridgehead atoms. The van der Waals surface area contributed by atoms with Crippen molar-refractivity contribution >= 4 is 35.3 Å². The normalized spacial score (nSPS) is 18.9. The summed E-state index contributed by atoms with van der Waals surface area (Å²) in [5, 5.41) is 6.25. The SMILES string of the molecule is COC(=O)N[C@H](C(=O)N1CCC[C@H]1c1ncc(-c2ccc3c(c2)CCc2sc(-c4cnc([C@@H]5CCCN5C(=O)[C@@H](NC(=O)OC)C(C)C)[nH]4)nc2-3)[nH]1)C(C)C. The molecule has 292 valence electrons. The number of methoxy groups -OCH3 is 2. The van der Waals surface area contributed by atoms with Gasteiger partial charge in [-0.25, -0.2) is 24.5 Å². The predicted octanol–water partition coefficient (Wildman–Crippen LogP) is 5.78. The lowest BCUT2D eigenvalue weighted by Gasteiger charge is -2.30. The summed E-state index contributed by atoms with van der Waals surface area (Å²) in [6.45, 7) is 8.79. The molecule has 5 heterocycles. The summed E-state index contributed by atoms with van der Waals surface area (Å²) in [7, 11) is 2.58. The number of aromatic nitrogens is 5. The molecule has 2 aliphatic heterocycles. The van der Waals surface area contributed by atoms with Gasteiger partial charge in [-0.2, -0.15) is 0 Å². The second kappa shape index (κ2) is 15.8. The fourth-order valence-corrected chi connectivity index (χ4v) is 8.99. The smallest absolute Gasteiger partial charge is 0.407 e. The molecule has 0 radical (unpaired) electrons. The van der Waals surface area contributed by atoms with Gasteiger partial charge in [-0.15, -0.1) is 11.3 Å². The molecule has 0 saturated carbocycles. The van der Waals surface area contributed by atoms with Gasteiger partial charge in [0.05, 0.1) is 55.8 Å². The first-order valence-corrected chi connectivity index (χ1v) is 19.8. The molecule has 3 aromatic heterocycles. The number of carbonyl (C=O) groups excluding carboxylic acids is 4. The van der Waals surface area contributed by atoms with Crippen LogP contribution in [0.25, 0.3) is 33.2 Å². The molecule has 1 aliphatic carbocycles. The molecule has 2 saturated heterocycles. The van der Waals surface area contributed by atoms with Crippen molar-refractivity contribution in [3.8, 4) is 33.2 Å². The maximum Gasteiger partial charge on any atom is 0.407 e. The Balaban J connectivity index is 1.06. The maximum atomic E-state index is 13.6. The highest BCUT2D eigenvalue weighted by atomic mass is 32.1. The topological polar surface area (TPSA) is 188 Å². The summed E-state index contributed by atoms with van der Waals surface area (Å²) < 4.78 is 9.54. The molecule has 1 aromatic carbocycles. The van der Waals surface area contributed by atoms with Gasteiger partial charge in [0.25, 0.3) is 0 Å². The summed E-state index contributed by atoms with van der Waals surface area (Å²) in [4.78, 5) is 77.5. The Morgan fingerprint density at radius 2 is 1.35 bits per heavy atom. The van der Waals surface area contributed by atoms with E-state index in [2.05, 4.69) is 38.8 Å². The van der Waals surface area contributed by atoms with Gasteiger partial charge < -0.3 is 39.9 Å². The number of aryl methyl sites for hydroxylation is 2. The zero-order chi connectivity index (χ0) is 39.0. The van der Waals surface area contributed by atoms with Crippen molar-refractivity contribution in [1.82, 2.24) is 45.4 Å². The highest BCUT2D eigenvalue weighted by molar-refractivity contribution is 7.15. The average molecular weight is 772 g/mol. The van der Waals surface area contributed by atoms with Gasteiger partial charge in [-0.1, -0.05) is 39.8 Å². The number of H-pyrrole nitrogens is 2. The number of nitrogens with one attached hydrogen (secondary N) is 4. The van der Waals surface area contributed by atoms with E-state index in [0.29, 0.717) is 18.9 Å². The predicted molar refractivity (Wildman–Crippen MR) is 206 cm³/mol. The van der Waals surface area contributed by atoms with Crippen LogP contribution < -0.4 is 10.6 Å². The number of ether oxygens (including phenoxy) is 2. The van der Waals surface area contributed by atoms with E-state index < -0.39 is 24.3 Å². The molecule has 55 heavy (non-hydrogen) atoms. The van der Waals surface area contributed by atoms with Crippen LogP contribution in [0.15, 0.2) is 30.6 Å². The number of benzene rings is 1. The van der Waals surface area contributed by atoms with Crippen molar-refractivity contribution in [2.75, 3.05) is 27.3 Å². The molecule has 4 aromatic rings. The highest BCUT2D eigenvalue weighted by Gasteiger charge is 2.39. The van der Waals surface area contributed by atoms with E-state index in [0.717, 1.165) is 77.6 Å². The average Bonchev–Trinajstić information content (AvgIpc) is 4.03. The first kappa shape index (κ1) is 38.0. The zero-order valence-electron chi connectivity index (χ0n) is 32.1. The quantitative estimate of drug-likeness (QED) is 0.155. The van der Waals surface area contributed by atoms with Gasteiger partial charge in [0.15, 0.2) is 0 Å². The van der Waals surface area contributed by atoms with Crippen LogP contribution in [0.3, 0.4) is 0 Å². The van der Waals surface area contributed by atoms with Gasteiger partial charge in [0.2, 0.25) is 11.8 Å². The number of thiazole rings is 1. The van der Waals surface area contributed by atoms with Gasteiger partial charge in [-0.3, -0.25) is 9.59 Å². The standard InChI is InChI=1S/C39H49N9O6S/c1-20(2)30(45-38(51)53-5)36(49)47-15-7-9-27(47)33-40-18-25(42-33)23-11-13-24-22(17-23)12-14-29-32(24)44-35(55-29)26-19-41-34(43-26)28-10-8-16-48(28)37(50)31(21(3)4)46-39(52)54-6/h11,13,17-21,27-28,30-31H,7-10,12,14-16H2,1-6H3,(H,40,42)(H,41,43)(H,45,51)(H,46,52)/t27-,28-,30-,31-/m0/s1. The molecule has 16 heteroatoms. The molecule has 4 N–H and O–H groups in total. The lowest BCUT2D eigenvalue weighted by Crippen LogP contribution is -2.51. The number of aromatic amines is 2. The van der Waals surface area contributed by atoms with Gasteiger partial charge >= 0.3 is 12.2 Å². The Hall–Kier alpha value is -5.25. The number of alkyl carbamates (subject to hydrolysis) is 2. The summed E-state index contributed by atoms with van der Waals surface area (Å²) in [6.07, 6.45) is 7.35. The summed E-state index contributed by atoms with van der Waals surface area (Å²) >= 11 is 1.66. The maximum absolute atomic E-state index is 13.6. The first-order chi connectivity index (χ1) is 26.5. The minimum absolute atomic E-state index is 0.108. The van der Waals surface area contributed by atoms with Crippen LogP contribution in [0, 0.1) is 11.8 Å². The Kier molecular flexibility index (Phi) is 11.0. The van der Waals surface area contributed by atoms with Crippen LogP contribution in [-0.2, 0) is 31.9 Å². The van der Waals surface area contributed by atoms with E-state index in [4.69, 9.17) is 24.4 Å². The number of imidazole rings is 2. The van der Waals surface area contributed by atoms with Gasteiger partial charge in [-0.05, 0) is 67.6 Å². The van der Waals surface area contributed by atoms with Gasteiger partial charge in [0, 0.05) is 23.5 Å². The van der Waals surface area contributed by atoms with Crippen molar-refractivity contribution in [3.05, 3.63) is 52.7 Å². The molecule has 4 atom stereocenters. The number of likely N-dealkylation sites (tertiary alicyclic amines) is 2. The van der Waals surface area contributed by atoms with Crippen LogP contribution in [0.2, 0.25) is 0 Å². The van der Waals surface area contributed by atoms with Crippen molar-refractivity contribution in [2.24, 2.45) is 11.8 Å². The molecule has 2 fully saturated rings. The number of hydrogen-bond donors (Lipinski definition) is 4. The Morgan fingerprint density at radius 3 is 1.89 bits per heavy atom. The fourth-order valence-electron chi connectivity index (χ4n) is 7.95. The monoisotopic (exact) mass is 771 g/mol. The molecule has 0 spiro atoms. The molecule has 15 nitrogen and oxygen atoms in total. The van der Waals surface area contributed by atoms with Crippen LogP contribution >= 0.6 is 11.3 Å². The Morgan fingerprint density at radius 1 is 0.800 bits per heavy atom. The third-order valence-corrected chi connectivity index (χ3v) is 12.0. The number of fused-ring (bicyclic) bond motifs is 3. The first-order valence-electron chi connectivity index (χ1n) is 19.0. The lowest BCUT2D eigenvalue weighted by molar-refractivity contribution is -0.136. The van der Waals surface area contributed by atoms with E-state index in [9.17, 15) is 19.2 Å². The molecular formula is C39H49N9O6S. The van der Waals surface area contributed by atoms with Gasteiger partial charge in [0.1, 0.15) is 28.7 Å². The zero-order valence-corrected chi connectivity index (χ0v) is 32.9. The molecule has 0 unspecified atom stereocenters. The summed E-state index contributed by atoms with van der Waals surface area (Å²) in [5.74, 6) is 0.935. The van der Waals surface area contributed by atoms with Crippen molar-refractivity contribution < 1.29 is 28.7 Å². The molecule has 7 rings (SSSR count).